The molecule has 6 nitrogen and oxygen atoms in total. The Morgan fingerprint density at radius 2 is 1.61 bits per heavy atom. The Morgan fingerprint density at radius 3 is 2.32 bits per heavy atom. The van der Waals surface area contributed by atoms with Crippen molar-refractivity contribution in [2.24, 2.45) is 0 Å². The minimum absolute atomic E-state index is 0.0119. The lowest BCUT2D eigenvalue weighted by molar-refractivity contribution is -0.138. The van der Waals surface area contributed by atoms with Crippen molar-refractivity contribution in [3.8, 4) is 22.8 Å². The number of rotatable bonds is 12. The number of halogens is 3. The van der Waals surface area contributed by atoms with Crippen molar-refractivity contribution in [2.45, 2.75) is 31.9 Å². The number of aromatic nitrogens is 1. The van der Waals surface area contributed by atoms with Gasteiger partial charge in [-0.3, -0.25) is 4.79 Å². The number of carboxylic acids is 1. The molecule has 4 rings (SSSR count). The fourth-order valence-electron chi connectivity index (χ4n) is 3.80. The van der Waals surface area contributed by atoms with E-state index in [9.17, 15) is 18.0 Å². The average molecular weight is 526 g/mol. The molecule has 0 unspecified atom stereocenters. The van der Waals surface area contributed by atoms with Gasteiger partial charge in [0.15, 0.2) is 0 Å². The molecule has 0 fully saturated rings. The molecule has 0 saturated heterocycles. The van der Waals surface area contributed by atoms with E-state index in [0.29, 0.717) is 54.4 Å². The fraction of sp³-hybridized carbons (Fsp3) is 0.241. The van der Waals surface area contributed by atoms with E-state index in [1.165, 1.54) is 12.1 Å². The van der Waals surface area contributed by atoms with E-state index in [4.69, 9.17) is 19.1 Å². The van der Waals surface area contributed by atoms with Gasteiger partial charge in [0.1, 0.15) is 23.0 Å². The summed E-state index contributed by atoms with van der Waals surface area (Å²) in [5, 5.41) is 13.0. The Morgan fingerprint density at radius 1 is 0.868 bits per heavy atom. The molecule has 9 heteroatoms. The smallest absolute Gasteiger partial charge is 0.416 e. The lowest BCUT2D eigenvalue weighted by Gasteiger charge is -2.14. The van der Waals surface area contributed by atoms with E-state index in [1.807, 2.05) is 30.3 Å². The van der Waals surface area contributed by atoms with Gasteiger partial charge >= 0.3 is 12.1 Å². The Labute approximate surface area is 217 Å². The van der Waals surface area contributed by atoms with Crippen molar-refractivity contribution in [3.05, 3.63) is 101 Å². The van der Waals surface area contributed by atoms with Gasteiger partial charge in [0, 0.05) is 37.0 Å². The summed E-state index contributed by atoms with van der Waals surface area (Å²) in [6.45, 7) is 0.692. The molecule has 1 N–H and O–H groups in total. The van der Waals surface area contributed by atoms with Crippen molar-refractivity contribution < 1.29 is 37.1 Å². The van der Waals surface area contributed by atoms with Gasteiger partial charge in [-0.1, -0.05) is 53.7 Å². The Kier molecular flexibility index (Phi) is 8.68. The van der Waals surface area contributed by atoms with Crippen LogP contribution in [0, 0.1) is 0 Å². The molecule has 1 heterocycles. The lowest BCUT2D eigenvalue weighted by atomic mass is 10.1. The quantitative estimate of drug-likeness (QED) is 0.224. The zero-order valence-electron chi connectivity index (χ0n) is 20.4. The maximum atomic E-state index is 12.8. The van der Waals surface area contributed by atoms with E-state index in [2.05, 4.69) is 5.16 Å². The van der Waals surface area contributed by atoms with Crippen LogP contribution in [-0.4, -0.2) is 29.4 Å². The first kappa shape index (κ1) is 26.8. The molecule has 0 spiro atoms. The summed E-state index contributed by atoms with van der Waals surface area (Å²) in [6.07, 6.45) is -2.98. The summed E-state index contributed by atoms with van der Waals surface area (Å²) in [4.78, 5) is 11.0. The number of hydrogen-bond acceptors (Lipinski definition) is 5. The monoisotopic (exact) mass is 525 g/mol. The van der Waals surface area contributed by atoms with Gasteiger partial charge in [-0.2, -0.15) is 13.2 Å². The van der Waals surface area contributed by atoms with Crippen LogP contribution in [0.2, 0.25) is 0 Å². The number of carbonyl (C=O) groups is 1. The number of ether oxygens (including phenoxy) is 2. The van der Waals surface area contributed by atoms with Crippen LogP contribution in [0.15, 0.2) is 83.4 Å². The van der Waals surface area contributed by atoms with Crippen LogP contribution in [0.5, 0.6) is 11.5 Å². The second-order valence-electron chi connectivity index (χ2n) is 8.60. The van der Waals surface area contributed by atoms with Crippen LogP contribution < -0.4 is 9.47 Å². The molecular weight excluding hydrogens is 499 g/mol. The summed E-state index contributed by atoms with van der Waals surface area (Å²) in [7, 11) is 0. The summed E-state index contributed by atoms with van der Waals surface area (Å²) >= 11 is 0. The third-order valence-corrected chi connectivity index (χ3v) is 5.82. The summed E-state index contributed by atoms with van der Waals surface area (Å²) in [5.74, 6) is 0.769. The highest BCUT2D eigenvalue weighted by molar-refractivity contribution is 5.67. The molecule has 0 amide bonds. The first-order valence-electron chi connectivity index (χ1n) is 12.1. The largest absolute Gasteiger partial charge is 0.493 e. The molecule has 0 bridgehead atoms. The Hall–Kier alpha value is -4.27. The number of aliphatic carboxylic acids is 1. The Balaban J connectivity index is 1.35. The molecule has 1 aromatic heterocycles. The average Bonchev–Trinajstić information content (AvgIpc) is 3.37. The van der Waals surface area contributed by atoms with E-state index >= 15 is 0 Å². The topological polar surface area (TPSA) is 81.8 Å². The molecule has 0 aliphatic carbocycles. The van der Waals surface area contributed by atoms with Crippen LogP contribution in [0.25, 0.3) is 11.3 Å². The second-order valence-corrected chi connectivity index (χ2v) is 8.60. The summed E-state index contributed by atoms with van der Waals surface area (Å²) in [5.41, 5.74) is 2.14. The third kappa shape index (κ3) is 7.61. The van der Waals surface area contributed by atoms with Crippen molar-refractivity contribution in [2.75, 3.05) is 13.2 Å². The predicted molar refractivity (Wildman–Crippen MR) is 134 cm³/mol. The normalized spacial score (nSPS) is 11.3. The molecule has 0 radical (unpaired) electrons. The number of benzene rings is 3. The van der Waals surface area contributed by atoms with Crippen LogP contribution in [-0.2, 0) is 30.2 Å². The van der Waals surface area contributed by atoms with E-state index in [-0.39, 0.29) is 13.0 Å². The van der Waals surface area contributed by atoms with Gasteiger partial charge in [-0.25, -0.2) is 0 Å². The second kappa shape index (κ2) is 12.3. The van der Waals surface area contributed by atoms with E-state index < -0.39 is 17.7 Å². The van der Waals surface area contributed by atoms with Crippen molar-refractivity contribution in [1.82, 2.24) is 5.16 Å². The first-order valence-corrected chi connectivity index (χ1v) is 12.1. The highest BCUT2D eigenvalue weighted by atomic mass is 19.4. The minimum atomic E-state index is -4.40. The third-order valence-electron chi connectivity index (χ3n) is 5.82. The predicted octanol–water partition coefficient (Wildman–Crippen LogP) is 6.62. The molecule has 0 saturated carbocycles. The maximum Gasteiger partial charge on any atom is 0.416 e. The number of alkyl halides is 3. The number of carboxylic acid groups (broad SMARTS) is 1. The lowest BCUT2D eigenvalue weighted by Crippen LogP contribution is -2.06. The zero-order valence-corrected chi connectivity index (χ0v) is 20.4. The van der Waals surface area contributed by atoms with Gasteiger partial charge in [0.25, 0.3) is 0 Å². The molecule has 0 aliphatic rings. The number of hydrogen-bond donors (Lipinski definition) is 1. The molecule has 38 heavy (non-hydrogen) atoms. The Bertz CT molecular complexity index is 1330. The first-order chi connectivity index (χ1) is 18.3. The molecule has 4 aromatic rings. The standard InChI is InChI=1S/C29H26F3NO5/c30-29(31,32)23-10-6-21(7-11-23)26-18-25(38-33-26)15-17-36-24-12-8-22(9-13-28(34)35)27(19-24)37-16-14-20-4-2-1-3-5-20/h1-8,10-12,18-19H,9,13-17H2,(H,34,35). The van der Waals surface area contributed by atoms with E-state index in [1.54, 1.807) is 24.3 Å². The van der Waals surface area contributed by atoms with Crippen molar-refractivity contribution in [1.29, 1.82) is 0 Å². The number of aryl methyl sites for hydroxylation is 1. The molecule has 3 aromatic carbocycles. The summed E-state index contributed by atoms with van der Waals surface area (Å²) in [6, 6.07) is 21.6. The van der Waals surface area contributed by atoms with Crippen molar-refractivity contribution in [3.63, 3.8) is 0 Å². The van der Waals surface area contributed by atoms with Crippen LogP contribution in [0.4, 0.5) is 13.2 Å². The molecule has 0 aliphatic heterocycles. The number of nitrogens with zero attached hydrogens (tertiary/aromatic N) is 1. The minimum Gasteiger partial charge on any atom is -0.493 e. The highest BCUT2D eigenvalue weighted by Crippen LogP contribution is 2.31. The highest BCUT2D eigenvalue weighted by Gasteiger charge is 2.30. The SMILES string of the molecule is O=C(O)CCc1ccc(OCCc2cc(-c3ccc(C(F)(F)F)cc3)no2)cc1OCCc1ccccc1. The van der Waals surface area contributed by atoms with Gasteiger partial charge in [-0.15, -0.1) is 0 Å². The molecule has 198 valence electrons. The van der Waals surface area contributed by atoms with Gasteiger partial charge in [-0.05, 0) is 35.7 Å². The van der Waals surface area contributed by atoms with Crippen LogP contribution >= 0.6 is 0 Å². The van der Waals surface area contributed by atoms with Crippen LogP contribution in [0.3, 0.4) is 0 Å². The van der Waals surface area contributed by atoms with Gasteiger partial charge < -0.3 is 19.1 Å². The fourth-order valence-corrected chi connectivity index (χ4v) is 3.80. The molecule has 0 atom stereocenters. The van der Waals surface area contributed by atoms with Gasteiger partial charge in [0.2, 0.25) is 0 Å². The zero-order chi connectivity index (χ0) is 27.0. The van der Waals surface area contributed by atoms with Crippen LogP contribution in [0.1, 0.15) is 28.9 Å². The van der Waals surface area contributed by atoms with Gasteiger partial charge in [0.05, 0.1) is 18.8 Å². The van der Waals surface area contributed by atoms with Crippen molar-refractivity contribution >= 4 is 5.97 Å². The molecular formula is C29H26F3NO5. The summed E-state index contributed by atoms with van der Waals surface area (Å²) < 4.78 is 55.5. The van der Waals surface area contributed by atoms with E-state index in [0.717, 1.165) is 23.3 Å². The maximum absolute atomic E-state index is 12.8.